The topological polar surface area (TPSA) is 68.2 Å². The first-order valence-electron chi connectivity index (χ1n) is 11.7. The fourth-order valence-corrected chi connectivity index (χ4v) is 6.09. The van der Waals surface area contributed by atoms with Crippen LogP contribution in [0.5, 0.6) is 5.75 Å². The van der Waals surface area contributed by atoms with Crippen molar-refractivity contribution < 1.29 is 9.90 Å². The number of aromatic hydroxyl groups is 1. The highest BCUT2D eigenvalue weighted by molar-refractivity contribution is 6.03. The van der Waals surface area contributed by atoms with Crippen LogP contribution in [0.4, 0.5) is 0 Å². The van der Waals surface area contributed by atoms with Gasteiger partial charge < -0.3 is 14.9 Å². The third-order valence-corrected chi connectivity index (χ3v) is 7.44. The fourth-order valence-electron chi connectivity index (χ4n) is 6.09. The Hall–Kier alpha value is -3.22. The molecule has 6 heteroatoms. The van der Waals surface area contributed by atoms with Crippen LogP contribution >= 0.6 is 0 Å². The third-order valence-electron chi connectivity index (χ3n) is 7.44. The quantitative estimate of drug-likeness (QED) is 0.612. The zero-order chi connectivity index (χ0) is 22.4. The Morgan fingerprint density at radius 3 is 2.30 bits per heavy atom. The molecule has 4 heterocycles. The van der Waals surface area contributed by atoms with Gasteiger partial charge in [-0.2, -0.15) is 5.10 Å². The van der Waals surface area contributed by atoms with Crippen LogP contribution in [-0.4, -0.2) is 65.8 Å². The Balaban J connectivity index is 1.33. The molecule has 0 spiro atoms. The summed E-state index contributed by atoms with van der Waals surface area (Å²) in [7, 11) is 0. The smallest absolute Gasteiger partial charge is 0.275 e. The second-order valence-corrected chi connectivity index (χ2v) is 9.76. The maximum Gasteiger partial charge on any atom is 0.275 e. The lowest BCUT2D eigenvalue weighted by Crippen LogP contribution is -2.62. The maximum atomic E-state index is 13.1. The first kappa shape index (κ1) is 20.4. The summed E-state index contributed by atoms with van der Waals surface area (Å²) >= 11 is 0. The molecule has 3 aromatic rings. The number of nitrogens with zero attached hydrogens (tertiary/aromatic N) is 3. The summed E-state index contributed by atoms with van der Waals surface area (Å²) in [5, 5.41) is 17.1. The van der Waals surface area contributed by atoms with Crippen molar-refractivity contribution in [2.24, 2.45) is 16.4 Å². The van der Waals surface area contributed by atoms with Crippen LogP contribution in [-0.2, 0) is 6.42 Å². The van der Waals surface area contributed by atoms with Crippen molar-refractivity contribution in [3.63, 3.8) is 0 Å². The Kier molecular flexibility index (Phi) is 4.93. The summed E-state index contributed by atoms with van der Waals surface area (Å²) in [5.74, 6) is -0.0819. The normalized spacial score (nSPS) is 29.3. The molecule has 4 fully saturated rings. The largest absolute Gasteiger partial charge is 0.507 e. The van der Waals surface area contributed by atoms with E-state index in [1.165, 1.54) is 5.56 Å². The van der Waals surface area contributed by atoms with E-state index in [-0.39, 0.29) is 22.6 Å². The van der Waals surface area contributed by atoms with Gasteiger partial charge in [-0.05, 0) is 34.9 Å². The third kappa shape index (κ3) is 3.69. The number of hydrogen-bond donors (Lipinski definition) is 2. The average Bonchev–Trinajstić information content (AvgIpc) is 3.06. The average molecular weight is 441 g/mol. The zero-order valence-corrected chi connectivity index (χ0v) is 18.6. The highest BCUT2D eigenvalue weighted by Crippen LogP contribution is 2.41. The molecule has 4 bridgehead atoms. The first-order valence-corrected chi connectivity index (χ1v) is 11.7. The number of rotatable bonds is 4. The second-order valence-electron chi connectivity index (χ2n) is 9.76. The molecule has 0 aromatic heterocycles. The second kappa shape index (κ2) is 7.97. The number of hydrazone groups is 1. The number of benzene rings is 3. The van der Waals surface area contributed by atoms with Crippen molar-refractivity contribution in [3.8, 4) is 5.75 Å². The van der Waals surface area contributed by atoms with E-state index in [9.17, 15) is 9.90 Å². The number of hydrogen-bond acceptors (Lipinski definition) is 5. The van der Waals surface area contributed by atoms with Crippen molar-refractivity contribution in [2.45, 2.75) is 6.42 Å². The van der Waals surface area contributed by atoms with Gasteiger partial charge in [0.2, 0.25) is 0 Å². The van der Waals surface area contributed by atoms with Crippen molar-refractivity contribution in [1.29, 1.82) is 0 Å². The van der Waals surface area contributed by atoms with Crippen molar-refractivity contribution >= 4 is 22.4 Å². The van der Waals surface area contributed by atoms with Crippen molar-refractivity contribution in [1.82, 2.24) is 15.2 Å². The first-order chi connectivity index (χ1) is 16.1. The fraction of sp³-hybridized carbons (Fsp3) is 0.333. The molecule has 6 nitrogen and oxygen atoms in total. The molecule has 4 saturated heterocycles. The summed E-state index contributed by atoms with van der Waals surface area (Å²) < 4.78 is 0. The molecule has 3 aromatic carbocycles. The Morgan fingerprint density at radius 2 is 1.61 bits per heavy atom. The van der Waals surface area contributed by atoms with E-state index in [1.54, 1.807) is 12.1 Å². The molecular formula is C27H28N4O2. The Bertz CT molecular complexity index is 1220. The number of carbonyl (C=O) groups is 1. The molecule has 168 valence electrons. The summed E-state index contributed by atoms with van der Waals surface area (Å²) in [6, 6.07) is 21.7. The molecule has 4 aliphatic rings. The van der Waals surface area contributed by atoms with Crippen LogP contribution in [0.15, 0.2) is 71.8 Å². The minimum atomic E-state index is -0.368. The number of amides is 1. The lowest BCUT2D eigenvalue weighted by atomic mass is 9.67. The SMILES string of the molecule is O=C(N/N=C1\C2CN3CCN(C2)CC1(Cc1ccccc1)C3)c1cc2ccccc2cc1O. The van der Waals surface area contributed by atoms with E-state index in [2.05, 4.69) is 39.5 Å². The molecule has 1 amide bonds. The molecular weight excluding hydrogens is 412 g/mol. The van der Waals surface area contributed by atoms with E-state index in [4.69, 9.17) is 5.10 Å². The van der Waals surface area contributed by atoms with Gasteiger partial charge in [0.1, 0.15) is 5.75 Å². The number of carbonyl (C=O) groups excluding carboxylic acids is 1. The van der Waals surface area contributed by atoms with E-state index in [1.807, 2.05) is 30.3 Å². The van der Waals surface area contributed by atoms with Gasteiger partial charge in [0.15, 0.2) is 0 Å². The maximum absolute atomic E-state index is 13.1. The molecule has 33 heavy (non-hydrogen) atoms. The number of phenols is 1. The van der Waals surface area contributed by atoms with Crippen LogP contribution in [0, 0.1) is 11.3 Å². The monoisotopic (exact) mass is 440 g/mol. The van der Waals surface area contributed by atoms with Gasteiger partial charge in [0, 0.05) is 50.6 Å². The predicted octanol–water partition coefficient (Wildman–Crippen LogP) is 3.12. The number of nitrogens with one attached hydrogen (secondary N) is 1. The number of fused-ring (bicyclic) bond motifs is 2. The van der Waals surface area contributed by atoms with Gasteiger partial charge in [-0.15, -0.1) is 0 Å². The Labute approximate surface area is 193 Å². The van der Waals surface area contributed by atoms with Gasteiger partial charge in [-0.25, -0.2) is 5.43 Å². The molecule has 4 aliphatic heterocycles. The van der Waals surface area contributed by atoms with E-state index >= 15 is 0 Å². The van der Waals surface area contributed by atoms with Gasteiger partial charge in [-0.1, -0.05) is 54.6 Å². The minimum absolute atomic E-state index is 0.0236. The summed E-state index contributed by atoms with van der Waals surface area (Å²) in [6.07, 6.45) is 0.910. The zero-order valence-electron chi connectivity index (χ0n) is 18.6. The summed E-state index contributed by atoms with van der Waals surface area (Å²) in [6.45, 7) is 6.09. The van der Waals surface area contributed by atoms with Gasteiger partial charge in [0.05, 0.1) is 11.3 Å². The van der Waals surface area contributed by atoms with Crippen LogP contribution in [0.1, 0.15) is 15.9 Å². The van der Waals surface area contributed by atoms with Crippen LogP contribution in [0.25, 0.3) is 10.8 Å². The highest BCUT2D eigenvalue weighted by Gasteiger charge is 2.52. The van der Waals surface area contributed by atoms with E-state index in [0.717, 1.165) is 62.2 Å². The molecule has 2 atom stereocenters. The van der Waals surface area contributed by atoms with E-state index < -0.39 is 0 Å². The number of phenolic OH excluding ortho intramolecular Hbond substituents is 1. The van der Waals surface area contributed by atoms with Crippen LogP contribution < -0.4 is 5.43 Å². The van der Waals surface area contributed by atoms with Gasteiger partial charge in [-0.3, -0.25) is 4.79 Å². The Morgan fingerprint density at radius 1 is 0.970 bits per heavy atom. The standard InChI is InChI=1S/C27H28N4O2/c32-24-13-21-9-5-4-8-20(21)12-23(24)26(33)29-28-25-22-15-30-10-11-31(16-22)18-27(25,17-30)14-19-6-2-1-3-7-19/h1-9,12-13,22,32H,10-11,14-18H2,(H,29,33)/b28-25+. The molecule has 0 saturated carbocycles. The van der Waals surface area contributed by atoms with Gasteiger partial charge in [0.25, 0.3) is 5.91 Å². The molecule has 0 aliphatic carbocycles. The molecule has 0 radical (unpaired) electrons. The van der Waals surface area contributed by atoms with Crippen LogP contribution in [0.2, 0.25) is 0 Å². The number of piperidine rings is 2. The van der Waals surface area contributed by atoms with E-state index in [0.29, 0.717) is 5.92 Å². The predicted molar refractivity (Wildman–Crippen MR) is 129 cm³/mol. The van der Waals surface area contributed by atoms with Crippen molar-refractivity contribution in [2.75, 3.05) is 39.3 Å². The summed E-state index contributed by atoms with van der Waals surface area (Å²) in [4.78, 5) is 18.2. The van der Waals surface area contributed by atoms with Crippen molar-refractivity contribution in [3.05, 3.63) is 77.9 Å². The lowest BCUT2D eigenvalue weighted by Gasteiger charge is -2.50. The molecule has 7 rings (SSSR count). The lowest BCUT2D eigenvalue weighted by molar-refractivity contribution is 0.0942. The molecule has 2 N–H and O–H groups in total. The van der Waals surface area contributed by atoms with Crippen LogP contribution in [0.3, 0.4) is 0 Å². The molecule has 2 unspecified atom stereocenters. The van der Waals surface area contributed by atoms with Gasteiger partial charge >= 0.3 is 0 Å². The summed E-state index contributed by atoms with van der Waals surface area (Å²) in [5.41, 5.74) is 5.36. The minimum Gasteiger partial charge on any atom is -0.507 e. The highest BCUT2D eigenvalue weighted by atomic mass is 16.3.